The molecular formula is C14H20N2S. The van der Waals surface area contributed by atoms with Crippen LogP contribution in [0.1, 0.15) is 30.4 Å². The summed E-state index contributed by atoms with van der Waals surface area (Å²) in [5.41, 5.74) is 1.88. The molecule has 1 N–H and O–H groups in total. The molecule has 0 aliphatic carbocycles. The number of benzene rings is 1. The van der Waals surface area contributed by atoms with Crippen molar-refractivity contribution < 1.29 is 0 Å². The zero-order chi connectivity index (χ0) is 12.3. The molecule has 1 aromatic rings. The van der Waals surface area contributed by atoms with E-state index in [1.54, 1.807) is 0 Å². The lowest BCUT2D eigenvalue weighted by atomic mass is 10.1. The average Bonchev–Trinajstić information content (AvgIpc) is 2.38. The van der Waals surface area contributed by atoms with E-state index in [4.69, 9.17) is 5.26 Å². The smallest absolute Gasteiger partial charge is 0.0995 e. The van der Waals surface area contributed by atoms with Gasteiger partial charge in [-0.05, 0) is 43.0 Å². The van der Waals surface area contributed by atoms with Crippen LogP contribution in [-0.2, 0) is 6.54 Å². The van der Waals surface area contributed by atoms with Crippen molar-refractivity contribution in [3.8, 4) is 6.07 Å². The van der Waals surface area contributed by atoms with E-state index in [0.29, 0.717) is 0 Å². The van der Waals surface area contributed by atoms with Crippen molar-refractivity contribution in [1.82, 2.24) is 5.32 Å². The van der Waals surface area contributed by atoms with Crippen LogP contribution in [0, 0.1) is 11.3 Å². The Labute approximate surface area is 108 Å². The van der Waals surface area contributed by atoms with Crippen LogP contribution in [0.4, 0.5) is 0 Å². The monoisotopic (exact) mass is 248 g/mol. The van der Waals surface area contributed by atoms with Crippen molar-refractivity contribution in [1.29, 1.82) is 5.26 Å². The molecule has 0 bridgehead atoms. The molecule has 1 aromatic carbocycles. The number of unbranched alkanes of at least 4 members (excludes halogenated alkanes) is 2. The maximum absolute atomic E-state index is 8.94. The predicted octanol–water partition coefficient (Wildman–Crippen LogP) is 3.18. The van der Waals surface area contributed by atoms with Gasteiger partial charge in [-0.2, -0.15) is 17.0 Å². The van der Waals surface area contributed by atoms with Crippen molar-refractivity contribution in [3.63, 3.8) is 0 Å². The molecule has 92 valence electrons. The van der Waals surface area contributed by atoms with Gasteiger partial charge < -0.3 is 5.32 Å². The van der Waals surface area contributed by atoms with E-state index in [9.17, 15) is 0 Å². The van der Waals surface area contributed by atoms with Crippen LogP contribution < -0.4 is 5.32 Å². The van der Waals surface area contributed by atoms with Crippen LogP contribution in [-0.4, -0.2) is 18.6 Å². The van der Waals surface area contributed by atoms with Crippen LogP contribution in [0.15, 0.2) is 24.3 Å². The molecule has 0 aliphatic heterocycles. The highest BCUT2D eigenvalue weighted by molar-refractivity contribution is 7.98. The molecule has 0 atom stereocenters. The first-order valence-electron chi connectivity index (χ1n) is 6.06. The van der Waals surface area contributed by atoms with Gasteiger partial charge in [0.1, 0.15) is 0 Å². The van der Waals surface area contributed by atoms with E-state index < -0.39 is 0 Å². The van der Waals surface area contributed by atoms with Crippen molar-refractivity contribution >= 4 is 11.8 Å². The first kappa shape index (κ1) is 14.1. The topological polar surface area (TPSA) is 35.8 Å². The summed E-state index contributed by atoms with van der Waals surface area (Å²) < 4.78 is 0. The highest BCUT2D eigenvalue weighted by atomic mass is 32.2. The maximum Gasteiger partial charge on any atom is 0.0995 e. The molecule has 0 aromatic heterocycles. The number of nitriles is 1. The molecule has 0 saturated carbocycles. The molecule has 2 nitrogen and oxygen atoms in total. The van der Waals surface area contributed by atoms with E-state index in [2.05, 4.69) is 17.6 Å². The van der Waals surface area contributed by atoms with E-state index >= 15 is 0 Å². The Morgan fingerprint density at radius 2 is 2.06 bits per heavy atom. The number of hydrogen-bond acceptors (Lipinski definition) is 3. The van der Waals surface area contributed by atoms with Gasteiger partial charge in [0, 0.05) is 6.54 Å². The van der Waals surface area contributed by atoms with Gasteiger partial charge in [-0.1, -0.05) is 24.6 Å². The fraction of sp³-hybridized carbons (Fsp3) is 0.500. The number of nitrogens with one attached hydrogen (secondary N) is 1. The summed E-state index contributed by atoms with van der Waals surface area (Å²) >= 11 is 1.91. The third kappa shape index (κ3) is 5.76. The van der Waals surface area contributed by atoms with E-state index in [0.717, 1.165) is 24.2 Å². The molecule has 0 amide bonds. The quantitative estimate of drug-likeness (QED) is 0.718. The van der Waals surface area contributed by atoms with Crippen molar-refractivity contribution in [2.45, 2.75) is 25.8 Å². The second-order valence-corrected chi connectivity index (χ2v) is 4.98. The summed E-state index contributed by atoms with van der Waals surface area (Å²) in [6, 6.07) is 9.99. The lowest BCUT2D eigenvalue weighted by Crippen LogP contribution is -2.15. The largest absolute Gasteiger partial charge is 0.313 e. The lowest BCUT2D eigenvalue weighted by Gasteiger charge is -2.06. The molecule has 17 heavy (non-hydrogen) atoms. The molecule has 0 fully saturated rings. The minimum Gasteiger partial charge on any atom is -0.313 e. The average molecular weight is 248 g/mol. The lowest BCUT2D eigenvalue weighted by molar-refractivity contribution is 0.618. The van der Waals surface area contributed by atoms with E-state index in [1.807, 2.05) is 36.0 Å². The second-order valence-electron chi connectivity index (χ2n) is 4.00. The molecule has 1 rings (SSSR count). The Kier molecular flexibility index (Phi) is 7.53. The number of hydrogen-bond donors (Lipinski definition) is 1. The third-order valence-electron chi connectivity index (χ3n) is 2.66. The third-order valence-corrected chi connectivity index (χ3v) is 3.35. The van der Waals surface area contributed by atoms with Crippen LogP contribution >= 0.6 is 11.8 Å². The number of thioether (sulfide) groups is 1. The molecule has 0 spiro atoms. The maximum atomic E-state index is 8.94. The predicted molar refractivity (Wildman–Crippen MR) is 75.1 cm³/mol. The number of rotatable bonds is 8. The van der Waals surface area contributed by atoms with Gasteiger partial charge in [-0.15, -0.1) is 0 Å². The van der Waals surface area contributed by atoms with Crippen LogP contribution in [0.3, 0.4) is 0 Å². The molecule has 0 saturated heterocycles. The molecule has 3 heteroatoms. The fourth-order valence-electron chi connectivity index (χ4n) is 1.68. The second kappa shape index (κ2) is 9.09. The van der Waals surface area contributed by atoms with Crippen LogP contribution in [0.5, 0.6) is 0 Å². The van der Waals surface area contributed by atoms with Crippen LogP contribution in [0.25, 0.3) is 0 Å². The summed E-state index contributed by atoms with van der Waals surface area (Å²) in [4.78, 5) is 0. The fourth-order valence-corrected chi connectivity index (χ4v) is 2.17. The Balaban J connectivity index is 2.16. The Bertz CT molecular complexity index is 357. The van der Waals surface area contributed by atoms with Gasteiger partial charge in [-0.25, -0.2) is 0 Å². The zero-order valence-electron chi connectivity index (χ0n) is 10.4. The summed E-state index contributed by atoms with van der Waals surface area (Å²) in [6.07, 6.45) is 5.96. The molecule has 0 unspecified atom stereocenters. The molecular weight excluding hydrogens is 228 g/mol. The summed E-state index contributed by atoms with van der Waals surface area (Å²) in [5, 5.41) is 12.3. The summed E-state index contributed by atoms with van der Waals surface area (Å²) in [5.74, 6) is 1.26. The summed E-state index contributed by atoms with van der Waals surface area (Å²) in [6.45, 7) is 1.83. The molecule has 0 heterocycles. The van der Waals surface area contributed by atoms with E-state index in [1.165, 1.54) is 25.0 Å². The molecule has 0 radical (unpaired) electrons. The van der Waals surface area contributed by atoms with Gasteiger partial charge >= 0.3 is 0 Å². The summed E-state index contributed by atoms with van der Waals surface area (Å²) in [7, 11) is 0. The minimum atomic E-state index is 0.780. The van der Waals surface area contributed by atoms with Crippen molar-refractivity contribution in [2.75, 3.05) is 18.6 Å². The molecule has 0 aliphatic rings. The van der Waals surface area contributed by atoms with Gasteiger partial charge in [0.2, 0.25) is 0 Å². The minimum absolute atomic E-state index is 0.780. The van der Waals surface area contributed by atoms with Crippen molar-refractivity contribution in [3.05, 3.63) is 35.4 Å². The number of nitrogens with zero attached hydrogens (tertiary/aromatic N) is 1. The van der Waals surface area contributed by atoms with Crippen molar-refractivity contribution in [2.24, 2.45) is 0 Å². The van der Waals surface area contributed by atoms with Crippen LogP contribution in [0.2, 0.25) is 0 Å². The Morgan fingerprint density at radius 3 is 2.82 bits per heavy atom. The van der Waals surface area contributed by atoms with Gasteiger partial charge in [0.15, 0.2) is 0 Å². The highest BCUT2D eigenvalue weighted by Gasteiger charge is 1.99. The first-order valence-corrected chi connectivity index (χ1v) is 7.45. The van der Waals surface area contributed by atoms with Gasteiger partial charge in [0.25, 0.3) is 0 Å². The van der Waals surface area contributed by atoms with Gasteiger partial charge in [0.05, 0.1) is 11.6 Å². The van der Waals surface area contributed by atoms with Gasteiger partial charge in [-0.3, -0.25) is 0 Å². The Morgan fingerprint density at radius 1 is 1.24 bits per heavy atom. The zero-order valence-corrected chi connectivity index (χ0v) is 11.2. The Hall–Kier alpha value is -0.980. The SMILES string of the molecule is CSCCCCCNCc1ccccc1C#N. The first-order chi connectivity index (χ1) is 8.38. The highest BCUT2D eigenvalue weighted by Crippen LogP contribution is 2.07. The standard InChI is InChI=1S/C14H20N2S/c1-17-10-6-2-5-9-16-12-14-8-4-3-7-13(14)11-15/h3-4,7-8,16H,2,5-6,9-10,12H2,1H3. The normalized spacial score (nSPS) is 10.1. The van der Waals surface area contributed by atoms with E-state index in [-0.39, 0.29) is 0 Å².